The van der Waals surface area contributed by atoms with Crippen molar-refractivity contribution in [1.29, 1.82) is 0 Å². The number of piperazine rings is 1. The summed E-state index contributed by atoms with van der Waals surface area (Å²) in [6.07, 6.45) is -0.765. The van der Waals surface area contributed by atoms with Gasteiger partial charge in [0.15, 0.2) is 17.7 Å². The van der Waals surface area contributed by atoms with Crippen LogP contribution in [0.25, 0.3) is 0 Å². The highest BCUT2D eigenvalue weighted by Gasteiger charge is 2.30. The minimum Gasteiger partial charge on any atom is -0.477 e. The first-order chi connectivity index (χ1) is 13.1. The molecule has 2 aliphatic rings. The Labute approximate surface area is 162 Å². The van der Waals surface area contributed by atoms with E-state index in [2.05, 4.69) is 5.32 Å². The molecule has 0 saturated carbocycles. The maximum atomic E-state index is 14.4. The van der Waals surface area contributed by atoms with E-state index in [0.29, 0.717) is 39.1 Å². The maximum Gasteiger partial charge on any atom is 0.410 e. The first kappa shape index (κ1) is 20.2. The van der Waals surface area contributed by atoms with Gasteiger partial charge in [-0.15, -0.1) is 0 Å². The van der Waals surface area contributed by atoms with E-state index in [1.807, 2.05) is 0 Å². The summed E-state index contributed by atoms with van der Waals surface area (Å²) in [6.45, 7) is 7.28. The molecule has 2 saturated heterocycles. The van der Waals surface area contributed by atoms with Crippen molar-refractivity contribution in [3.8, 4) is 5.75 Å². The summed E-state index contributed by atoms with van der Waals surface area (Å²) in [5, 5.41) is 2.61. The smallest absolute Gasteiger partial charge is 0.410 e. The van der Waals surface area contributed by atoms with Crippen molar-refractivity contribution in [3.63, 3.8) is 0 Å². The van der Waals surface area contributed by atoms with Crippen molar-refractivity contribution in [2.75, 3.05) is 37.6 Å². The lowest BCUT2D eigenvalue weighted by atomic mass is 10.2. The molecule has 0 aliphatic carbocycles. The predicted octanol–water partition coefficient (Wildman–Crippen LogP) is 2.29. The van der Waals surface area contributed by atoms with Crippen LogP contribution in [0, 0.1) is 11.6 Å². The lowest BCUT2D eigenvalue weighted by molar-refractivity contribution is -0.125. The zero-order valence-electron chi connectivity index (χ0n) is 16.3. The van der Waals surface area contributed by atoms with Crippen molar-refractivity contribution in [1.82, 2.24) is 10.2 Å². The Hall–Kier alpha value is -2.58. The van der Waals surface area contributed by atoms with Crippen LogP contribution in [0.3, 0.4) is 0 Å². The number of ether oxygens (including phenoxy) is 2. The highest BCUT2D eigenvalue weighted by Crippen LogP contribution is 2.30. The van der Waals surface area contributed by atoms with Crippen molar-refractivity contribution in [2.24, 2.45) is 0 Å². The lowest BCUT2D eigenvalue weighted by Crippen LogP contribution is -2.50. The van der Waals surface area contributed by atoms with E-state index < -0.39 is 29.4 Å². The first-order valence-corrected chi connectivity index (χ1v) is 9.30. The molecule has 9 heteroatoms. The minimum absolute atomic E-state index is 0.159. The van der Waals surface area contributed by atoms with E-state index in [1.54, 1.807) is 30.6 Å². The van der Waals surface area contributed by atoms with E-state index in [-0.39, 0.29) is 17.3 Å². The van der Waals surface area contributed by atoms with Gasteiger partial charge in [-0.1, -0.05) is 0 Å². The molecule has 154 valence electrons. The minimum atomic E-state index is -0.853. The van der Waals surface area contributed by atoms with E-state index in [4.69, 9.17) is 9.47 Å². The van der Waals surface area contributed by atoms with Crippen LogP contribution >= 0.6 is 0 Å². The van der Waals surface area contributed by atoms with Gasteiger partial charge in [0, 0.05) is 51.3 Å². The first-order valence-electron chi connectivity index (χ1n) is 9.30. The number of benzene rings is 1. The second-order valence-electron chi connectivity index (χ2n) is 7.87. The predicted molar refractivity (Wildman–Crippen MR) is 98.4 cm³/mol. The Balaban J connectivity index is 1.68. The van der Waals surface area contributed by atoms with Gasteiger partial charge in [0.1, 0.15) is 11.4 Å². The van der Waals surface area contributed by atoms with Crippen LogP contribution < -0.4 is 15.0 Å². The Kier molecular flexibility index (Phi) is 5.62. The summed E-state index contributed by atoms with van der Waals surface area (Å²) in [6, 6.07) is 2.04. The fraction of sp³-hybridized carbons (Fsp3) is 0.579. The lowest BCUT2D eigenvalue weighted by Gasteiger charge is -2.37. The fourth-order valence-electron chi connectivity index (χ4n) is 3.14. The Bertz CT molecular complexity index is 758. The zero-order valence-corrected chi connectivity index (χ0v) is 16.3. The quantitative estimate of drug-likeness (QED) is 0.848. The summed E-state index contributed by atoms with van der Waals surface area (Å²) in [5.74, 6) is -2.04. The number of hydrogen-bond acceptors (Lipinski definition) is 5. The Morgan fingerprint density at radius 1 is 1.14 bits per heavy atom. The standard InChI is InChI=1S/C19H25F2N3O4/c1-19(2,3)28-18(26)24-8-6-23(7-9-24)14-11-16(13(21)10-12(14)20)27-15-4-5-22-17(15)25/h10-11,15H,4-9H2,1-3H3,(H,22,25)/t15-/m1/s1. The molecule has 1 aromatic rings. The molecule has 2 heterocycles. The van der Waals surface area contributed by atoms with Crippen LogP contribution in [0.4, 0.5) is 19.3 Å². The topological polar surface area (TPSA) is 71.1 Å². The molecule has 2 fully saturated rings. The SMILES string of the molecule is CC(C)(C)OC(=O)N1CCN(c2cc(O[C@@H]3CCNC3=O)c(F)cc2F)CC1. The van der Waals surface area contributed by atoms with Crippen LogP contribution in [0.15, 0.2) is 12.1 Å². The van der Waals surface area contributed by atoms with Gasteiger partial charge in [0.25, 0.3) is 5.91 Å². The van der Waals surface area contributed by atoms with Crippen LogP contribution in [0.1, 0.15) is 27.2 Å². The number of nitrogens with zero attached hydrogens (tertiary/aromatic N) is 2. The number of hydrogen-bond donors (Lipinski definition) is 1. The summed E-state index contributed by atoms with van der Waals surface area (Å²) >= 11 is 0. The van der Waals surface area contributed by atoms with Gasteiger partial charge in [0.05, 0.1) is 5.69 Å². The van der Waals surface area contributed by atoms with Gasteiger partial charge in [-0.3, -0.25) is 4.79 Å². The van der Waals surface area contributed by atoms with Crippen LogP contribution in [-0.4, -0.2) is 61.3 Å². The monoisotopic (exact) mass is 397 g/mol. The Morgan fingerprint density at radius 3 is 2.39 bits per heavy atom. The van der Waals surface area contributed by atoms with Gasteiger partial charge in [-0.2, -0.15) is 0 Å². The van der Waals surface area contributed by atoms with Gasteiger partial charge in [0.2, 0.25) is 0 Å². The van der Waals surface area contributed by atoms with Crippen molar-refractivity contribution in [2.45, 2.75) is 38.9 Å². The average molecular weight is 397 g/mol. The second-order valence-corrected chi connectivity index (χ2v) is 7.87. The number of amides is 2. The number of nitrogens with one attached hydrogen (secondary N) is 1. The number of carbonyl (C=O) groups excluding carboxylic acids is 2. The second kappa shape index (κ2) is 7.81. The molecule has 7 nitrogen and oxygen atoms in total. The average Bonchev–Trinajstić information content (AvgIpc) is 3.01. The van der Waals surface area contributed by atoms with E-state index in [9.17, 15) is 18.4 Å². The Morgan fingerprint density at radius 2 is 1.82 bits per heavy atom. The van der Waals surface area contributed by atoms with E-state index >= 15 is 0 Å². The zero-order chi connectivity index (χ0) is 20.5. The number of carbonyl (C=O) groups is 2. The van der Waals surface area contributed by atoms with Gasteiger partial charge >= 0.3 is 6.09 Å². The highest BCUT2D eigenvalue weighted by atomic mass is 19.1. The largest absolute Gasteiger partial charge is 0.477 e. The molecule has 2 aliphatic heterocycles. The molecule has 0 unspecified atom stereocenters. The third kappa shape index (κ3) is 4.63. The molecule has 3 rings (SSSR count). The van der Waals surface area contributed by atoms with Crippen molar-refractivity contribution >= 4 is 17.7 Å². The molecule has 1 atom stereocenters. The highest BCUT2D eigenvalue weighted by molar-refractivity contribution is 5.83. The summed E-state index contributed by atoms with van der Waals surface area (Å²) in [5.41, 5.74) is -0.408. The van der Waals surface area contributed by atoms with Gasteiger partial charge in [-0.25, -0.2) is 13.6 Å². The van der Waals surface area contributed by atoms with Gasteiger partial charge < -0.3 is 24.6 Å². The number of rotatable bonds is 3. The third-order valence-corrected chi connectivity index (χ3v) is 4.54. The molecule has 1 N–H and O–H groups in total. The molecule has 0 bridgehead atoms. The van der Waals surface area contributed by atoms with Crippen LogP contribution in [-0.2, 0) is 9.53 Å². The molecule has 2 amide bonds. The summed E-state index contributed by atoms with van der Waals surface area (Å²) < 4.78 is 39.3. The van der Waals surface area contributed by atoms with Crippen molar-refractivity contribution < 1.29 is 27.8 Å². The molecule has 1 aromatic carbocycles. The van der Waals surface area contributed by atoms with Crippen LogP contribution in [0.2, 0.25) is 0 Å². The summed E-state index contributed by atoms with van der Waals surface area (Å²) in [7, 11) is 0. The number of halogens is 2. The van der Waals surface area contributed by atoms with Crippen LogP contribution in [0.5, 0.6) is 5.75 Å². The number of anilines is 1. The fourth-order valence-corrected chi connectivity index (χ4v) is 3.14. The third-order valence-electron chi connectivity index (χ3n) is 4.54. The normalized spacial score (nSPS) is 20.2. The maximum absolute atomic E-state index is 14.4. The molecular weight excluding hydrogens is 372 g/mol. The van der Waals surface area contributed by atoms with E-state index in [1.165, 1.54) is 6.07 Å². The molecule has 0 aromatic heterocycles. The molecule has 28 heavy (non-hydrogen) atoms. The summed E-state index contributed by atoms with van der Waals surface area (Å²) in [4.78, 5) is 27.1. The molecule has 0 radical (unpaired) electrons. The molecule has 0 spiro atoms. The molecular formula is C19H25F2N3O4. The van der Waals surface area contributed by atoms with E-state index in [0.717, 1.165) is 6.07 Å². The van der Waals surface area contributed by atoms with Gasteiger partial charge in [-0.05, 0) is 20.8 Å². The van der Waals surface area contributed by atoms with Crippen molar-refractivity contribution in [3.05, 3.63) is 23.8 Å².